The fraction of sp³-hybridized carbons (Fsp3) is 0.429. The smallest absolute Gasteiger partial charge is 0.418 e. The largest absolute Gasteiger partial charge is 0.475 e. The third kappa shape index (κ3) is 3.39. The number of aryl methyl sites for hydroxylation is 1. The number of hydrogen-bond donors (Lipinski definition) is 2. The van der Waals surface area contributed by atoms with Crippen LogP contribution in [-0.2, 0) is 6.18 Å². The number of ether oxygens (including phenoxy) is 1. The number of nitrogens with zero attached hydrogens (tertiary/aromatic N) is 5. The minimum atomic E-state index is -4.80. The highest BCUT2D eigenvalue weighted by molar-refractivity contribution is 5.96. The van der Waals surface area contributed by atoms with Gasteiger partial charge in [-0.2, -0.15) is 13.2 Å². The van der Waals surface area contributed by atoms with Crippen LogP contribution in [0.15, 0.2) is 12.4 Å². The highest BCUT2D eigenvalue weighted by atomic mass is 19.4. The fourth-order valence-corrected chi connectivity index (χ4v) is 4.70. The van der Waals surface area contributed by atoms with Crippen molar-refractivity contribution in [2.24, 2.45) is 0 Å². The standard InChI is InChI=1S/C21H21F4N7O/c1-3-10-11-7-33-20-13-16(28-8-29-19(13)32(11)5-4-27-10)15(22)18(31-20)17-14(21(23,24)25)9(2)6-12(26)30-17/h6,8,10-11,27H,3-5,7H2,1-2H3,(H2,26,30)/t10-,11+/m0/s1. The predicted octanol–water partition coefficient (Wildman–Crippen LogP) is 3.08. The summed E-state index contributed by atoms with van der Waals surface area (Å²) < 4.78 is 63.3. The lowest BCUT2D eigenvalue weighted by molar-refractivity contribution is -0.137. The third-order valence-electron chi connectivity index (χ3n) is 6.14. The summed E-state index contributed by atoms with van der Waals surface area (Å²) in [4.78, 5) is 18.4. The van der Waals surface area contributed by atoms with Crippen LogP contribution in [0.3, 0.4) is 0 Å². The molecule has 2 atom stereocenters. The molecule has 0 bridgehead atoms. The average molecular weight is 463 g/mol. The first-order chi connectivity index (χ1) is 15.7. The van der Waals surface area contributed by atoms with Crippen LogP contribution in [0.4, 0.5) is 29.2 Å². The van der Waals surface area contributed by atoms with Crippen LogP contribution < -0.4 is 20.7 Å². The van der Waals surface area contributed by atoms with Gasteiger partial charge in [-0.15, -0.1) is 0 Å². The molecule has 3 N–H and O–H groups in total. The van der Waals surface area contributed by atoms with Crippen molar-refractivity contribution in [1.29, 1.82) is 0 Å². The van der Waals surface area contributed by atoms with E-state index in [1.54, 1.807) is 0 Å². The Morgan fingerprint density at radius 2 is 2.03 bits per heavy atom. The van der Waals surface area contributed by atoms with E-state index in [9.17, 15) is 13.2 Å². The maximum atomic E-state index is 15.7. The zero-order valence-corrected chi connectivity index (χ0v) is 17.9. The van der Waals surface area contributed by atoms with E-state index in [1.165, 1.54) is 13.3 Å². The molecule has 5 rings (SSSR count). The number of hydrogen-bond acceptors (Lipinski definition) is 8. The predicted molar refractivity (Wildman–Crippen MR) is 113 cm³/mol. The second kappa shape index (κ2) is 7.65. The molecule has 33 heavy (non-hydrogen) atoms. The molecule has 0 spiro atoms. The second-order valence-electron chi connectivity index (χ2n) is 8.13. The molecule has 8 nitrogen and oxygen atoms in total. The molecule has 3 aromatic rings. The summed E-state index contributed by atoms with van der Waals surface area (Å²) >= 11 is 0. The monoisotopic (exact) mass is 463 g/mol. The molecule has 12 heteroatoms. The molecular formula is C21H21F4N7O. The van der Waals surface area contributed by atoms with Crippen LogP contribution in [0, 0.1) is 12.7 Å². The van der Waals surface area contributed by atoms with Gasteiger partial charge >= 0.3 is 6.18 Å². The van der Waals surface area contributed by atoms with Crippen molar-refractivity contribution in [3.8, 4) is 17.3 Å². The molecule has 0 aromatic carbocycles. The molecule has 174 valence electrons. The minimum Gasteiger partial charge on any atom is -0.475 e. The van der Waals surface area contributed by atoms with Gasteiger partial charge in [0.2, 0.25) is 5.88 Å². The number of nitrogens with two attached hydrogens (primary N) is 1. The molecular weight excluding hydrogens is 442 g/mol. The Morgan fingerprint density at radius 3 is 2.76 bits per heavy atom. The molecule has 1 saturated heterocycles. The summed E-state index contributed by atoms with van der Waals surface area (Å²) in [5.74, 6) is -0.801. The molecule has 5 heterocycles. The van der Waals surface area contributed by atoms with E-state index in [0.29, 0.717) is 18.9 Å². The Labute approximate surface area is 186 Å². The molecule has 0 unspecified atom stereocenters. The Kier molecular flexibility index (Phi) is 5.00. The van der Waals surface area contributed by atoms with Gasteiger partial charge in [-0.05, 0) is 25.0 Å². The summed E-state index contributed by atoms with van der Waals surface area (Å²) in [5, 5.41) is 3.66. The zero-order valence-electron chi connectivity index (χ0n) is 17.9. The zero-order chi connectivity index (χ0) is 23.5. The van der Waals surface area contributed by atoms with Gasteiger partial charge in [-0.25, -0.2) is 24.3 Å². The molecule has 0 amide bonds. The highest BCUT2D eigenvalue weighted by Crippen LogP contribution is 2.43. The van der Waals surface area contributed by atoms with Crippen LogP contribution in [0.1, 0.15) is 24.5 Å². The average Bonchev–Trinajstić information content (AvgIpc) is 2.92. The van der Waals surface area contributed by atoms with Crippen molar-refractivity contribution in [3.63, 3.8) is 0 Å². The number of nitrogens with one attached hydrogen (secondary N) is 1. The van der Waals surface area contributed by atoms with Gasteiger partial charge in [-0.1, -0.05) is 6.92 Å². The SMILES string of the molecule is CC[C@@H]1NCCN2c3ncnc4c(F)c(-c5nc(N)cc(C)c5C(F)(F)F)nc(c34)OC[C@H]12. The van der Waals surface area contributed by atoms with Gasteiger partial charge in [0.1, 0.15) is 46.9 Å². The number of piperazine rings is 1. The fourth-order valence-electron chi connectivity index (χ4n) is 4.70. The first kappa shape index (κ1) is 21.6. The van der Waals surface area contributed by atoms with E-state index in [2.05, 4.69) is 25.3 Å². The van der Waals surface area contributed by atoms with Gasteiger partial charge in [0.25, 0.3) is 0 Å². The number of nitrogen functional groups attached to an aromatic ring is 1. The van der Waals surface area contributed by atoms with Crippen molar-refractivity contribution >= 4 is 22.5 Å². The van der Waals surface area contributed by atoms with Crippen LogP contribution in [0.5, 0.6) is 5.88 Å². The molecule has 2 aliphatic rings. The number of halogens is 4. The van der Waals surface area contributed by atoms with Gasteiger partial charge in [0.05, 0.1) is 11.6 Å². The topological polar surface area (TPSA) is 102 Å². The molecule has 3 aromatic heterocycles. The third-order valence-corrected chi connectivity index (χ3v) is 6.14. The van der Waals surface area contributed by atoms with Crippen molar-refractivity contribution in [3.05, 3.63) is 29.3 Å². The quantitative estimate of drug-likeness (QED) is 0.559. The lowest BCUT2D eigenvalue weighted by Crippen LogP contribution is -2.60. The van der Waals surface area contributed by atoms with E-state index in [-0.39, 0.29) is 46.9 Å². The van der Waals surface area contributed by atoms with Crippen molar-refractivity contribution in [2.75, 3.05) is 30.3 Å². The molecule has 1 fully saturated rings. The number of aromatic nitrogens is 4. The first-order valence-corrected chi connectivity index (χ1v) is 10.5. The molecule has 0 radical (unpaired) electrons. The van der Waals surface area contributed by atoms with Crippen molar-refractivity contribution < 1.29 is 22.3 Å². The second-order valence-corrected chi connectivity index (χ2v) is 8.13. The van der Waals surface area contributed by atoms with E-state index in [4.69, 9.17) is 10.5 Å². The minimum absolute atomic E-state index is 0.0312. The molecule has 0 saturated carbocycles. The van der Waals surface area contributed by atoms with Gasteiger partial charge in [0.15, 0.2) is 5.82 Å². The van der Waals surface area contributed by atoms with Crippen LogP contribution in [0.2, 0.25) is 0 Å². The summed E-state index contributed by atoms with van der Waals surface area (Å²) in [6.45, 7) is 4.78. The first-order valence-electron chi connectivity index (χ1n) is 10.5. The van der Waals surface area contributed by atoms with E-state index < -0.39 is 28.9 Å². The van der Waals surface area contributed by atoms with Crippen LogP contribution in [0.25, 0.3) is 22.3 Å². The highest BCUT2D eigenvalue weighted by Gasteiger charge is 2.40. The van der Waals surface area contributed by atoms with Crippen molar-refractivity contribution in [1.82, 2.24) is 25.3 Å². The van der Waals surface area contributed by atoms with Crippen molar-refractivity contribution in [2.45, 2.75) is 38.5 Å². The lowest BCUT2D eigenvalue weighted by Gasteiger charge is -2.41. The van der Waals surface area contributed by atoms with Gasteiger partial charge < -0.3 is 20.7 Å². The maximum Gasteiger partial charge on any atom is 0.418 e. The summed E-state index contributed by atoms with van der Waals surface area (Å²) in [5.41, 5.74) is 2.93. The molecule has 2 aliphatic heterocycles. The van der Waals surface area contributed by atoms with Gasteiger partial charge in [0, 0.05) is 19.1 Å². The Morgan fingerprint density at radius 1 is 1.24 bits per heavy atom. The number of alkyl halides is 3. The molecule has 0 aliphatic carbocycles. The van der Waals surface area contributed by atoms with Crippen LogP contribution in [-0.4, -0.2) is 51.7 Å². The summed E-state index contributed by atoms with van der Waals surface area (Å²) in [7, 11) is 0. The lowest BCUT2D eigenvalue weighted by atomic mass is 10.0. The summed E-state index contributed by atoms with van der Waals surface area (Å²) in [6.07, 6.45) is -2.78. The number of anilines is 2. The summed E-state index contributed by atoms with van der Waals surface area (Å²) in [6, 6.07) is 1.07. The number of rotatable bonds is 2. The van der Waals surface area contributed by atoms with Crippen LogP contribution >= 0.6 is 0 Å². The Balaban J connectivity index is 1.77. The Hall–Kier alpha value is -3.28. The normalized spacial score (nSPS) is 20.4. The maximum absolute atomic E-state index is 15.7. The Bertz CT molecular complexity index is 1250. The number of pyridine rings is 2. The number of fused-ring (bicyclic) bond motifs is 2. The van der Waals surface area contributed by atoms with E-state index in [0.717, 1.165) is 12.5 Å². The van der Waals surface area contributed by atoms with E-state index in [1.807, 2.05) is 11.8 Å². The van der Waals surface area contributed by atoms with Gasteiger partial charge in [-0.3, -0.25) is 0 Å². The van der Waals surface area contributed by atoms with E-state index >= 15 is 4.39 Å².